The Morgan fingerprint density at radius 2 is 2.00 bits per heavy atom. The van der Waals surface area contributed by atoms with Gasteiger partial charge in [-0.25, -0.2) is 0 Å². The summed E-state index contributed by atoms with van der Waals surface area (Å²) in [6.45, 7) is 0. The summed E-state index contributed by atoms with van der Waals surface area (Å²) in [7, 11) is 1.75. The van der Waals surface area contributed by atoms with E-state index in [4.69, 9.17) is 0 Å². The van der Waals surface area contributed by atoms with Gasteiger partial charge in [-0.3, -0.25) is 9.78 Å². The molecule has 0 saturated heterocycles. The third kappa shape index (κ3) is 2.53. The van der Waals surface area contributed by atoms with Crippen molar-refractivity contribution in [2.75, 3.05) is 11.9 Å². The van der Waals surface area contributed by atoms with Gasteiger partial charge in [0, 0.05) is 23.9 Å². The van der Waals surface area contributed by atoms with Crippen molar-refractivity contribution in [1.82, 2.24) is 4.98 Å². The van der Waals surface area contributed by atoms with Gasteiger partial charge in [-0.2, -0.15) is 0 Å². The molecule has 0 aliphatic rings. The lowest BCUT2D eigenvalue weighted by Gasteiger charge is -2.18. The fourth-order valence-corrected chi connectivity index (χ4v) is 2.07. The second kappa shape index (κ2) is 5.10. The maximum Gasteiger partial charge on any atom is 0.259 e. The van der Waals surface area contributed by atoms with E-state index in [2.05, 4.69) is 20.9 Å². The molecular formula is C13H11BrN2O. The minimum atomic E-state index is -0.0787. The minimum absolute atomic E-state index is 0.0787. The summed E-state index contributed by atoms with van der Waals surface area (Å²) in [4.78, 5) is 17.7. The summed E-state index contributed by atoms with van der Waals surface area (Å²) in [5, 5.41) is 0. The molecule has 1 aromatic heterocycles. The number of aromatic nitrogens is 1. The van der Waals surface area contributed by atoms with Crippen molar-refractivity contribution in [2.45, 2.75) is 0 Å². The first-order valence-corrected chi connectivity index (χ1v) is 5.92. The molecule has 0 aliphatic carbocycles. The number of rotatable bonds is 2. The van der Waals surface area contributed by atoms with Crippen LogP contribution in [0.15, 0.2) is 53.3 Å². The smallest absolute Gasteiger partial charge is 0.259 e. The predicted molar refractivity (Wildman–Crippen MR) is 71.1 cm³/mol. The van der Waals surface area contributed by atoms with E-state index in [-0.39, 0.29) is 5.91 Å². The molecule has 86 valence electrons. The fourth-order valence-electron chi connectivity index (χ4n) is 1.52. The molecule has 1 aromatic carbocycles. The van der Waals surface area contributed by atoms with E-state index in [1.54, 1.807) is 36.5 Å². The largest absolute Gasteiger partial charge is 0.310 e. The van der Waals surface area contributed by atoms with Gasteiger partial charge in [0.15, 0.2) is 0 Å². The van der Waals surface area contributed by atoms with E-state index in [1.165, 1.54) is 0 Å². The van der Waals surface area contributed by atoms with Crippen LogP contribution in [0.4, 0.5) is 5.69 Å². The Morgan fingerprint density at radius 1 is 1.24 bits per heavy atom. The number of anilines is 1. The quantitative estimate of drug-likeness (QED) is 0.851. The van der Waals surface area contributed by atoms with E-state index in [1.807, 2.05) is 24.3 Å². The van der Waals surface area contributed by atoms with Gasteiger partial charge in [-0.15, -0.1) is 0 Å². The van der Waals surface area contributed by atoms with E-state index < -0.39 is 0 Å². The fraction of sp³-hybridized carbons (Fsp3) is 0.0769. The standard InChI is InChI=1S/C13H11BrN2O/c1-16(12-7-3-2-6-11(12)14)13(17)10-5-4-8-15-9-10/h2-9H,1H3. The van der Waals surface area contributed by atoms with Gasteiger partial charge in [0.2, 0.25) is 0 Å². The molecule has 3 nitrogen and oxygen atoms in total. The SMILES string of the molecule is CN(C(=O)c1cccnc1)c1ccccc1Br. The van der Waals surface area contributed by atoms with E-state index >= 15 is 0 Å². The van der Waals surface area contributed by atoms with Crippen molar-refractivity contribution in [3.63, 3.8) is 0 Å². The zero-order chi connectivity index (χ0) is 12.3. The summed E-state index contributed by atoms with van der Waals surface area (Å²) in [6.07, 6.45) is 3.21. The summed E-state index contributed by atoms with van der Waals surface area (Å²) < 4.78 is 0.889. The van der Waals surface area contributed by atoms with Crippen molar-refractivity contribution in [2.24, 2.45) is 0 Å². The van der Waals surface area contributed by atoms with E-state index in [0.29, 0.717) is 5.56 Å². The third-order valence-corrected chi connectivity index (χ3v) is 3.10. The molecule has 0 atom stereocenters. The second-order valence-corrected chi connectivity index (χ2v) is 4.41. The molecule has 1 heterocycles. The first-order valence-electron chi connectivity index (χ1n) is 5.13. The predicted octanol–water partition coefficient (Wildman–Crippen LogP) is 3.12. The molecular weight excluding hydrogens is 280 g/mol. The topological polar surface area (TPSA) is 33.2 Å². The number of para-hydroxylation sites is 1. The van der Waals surface area contributed by atoms with Crippen LogP contribution in [0.25, 0.3) is 0 Å². The van der Waals surface area contributed by atoms with Gasteiger partial charge in [0.25, 0.3) is 5.91 Å². The molecule has 0 N–H and O–H groups in total. The van der Waals surface area contributed by atoms with Crippen molar-refractivity contribution < 1.29 is 4.79 Å². The number of amides is 1. The minimum Gasteiger partial charge on any atom is -0.310 e. The number of benzene rings is 1. The van der Waals surface area contributed by atoms with Gasteiger partial charge in [-0.05, 0) is 40.2 Å². The Balaban J connectivity index is 2.30. The molecule has 0 spiro atoms. The Bertz CT molecular complexity index is 528. The van der Waals surface area contributed by atoms with Gasteiger partial charge in [0.1, 0.15) is 0 Å². The van der Waals surface area contributed by atoms with E-state index in [0.717, 1.165) is 10.2 Å². The molecule has 0 fully saturated rings. The molecule has 0 unspecified atom stereocenters. The summed E-state index contributed by atoms with van der Waals surface area (Å²) >= 11 is 3.43. The van der Waals surface area contributed by atoms with Crippen LogP contribution in [0.3, 0.4) is 0 Å². The van der Waals surface area contributed by atoms with Crippen molar-refractivity contribution in [3.8, 4) is 0 Å². The number of hydrogen-bond donors (Lipinski definition) is 0. The number of hydrogen-bond acceptors (Lipinski definition) is 2. The van der Waals surface area contributed by atoms with Gasteiger partial charge in [0.05, 0.1) is 11.3 Å². The zero-order valence-corrected chi connectivity index (χ0v) is 10.9. The van der Waals surface area contributed by atoms with Crippen molar-refractivity contribution in [3.05, 3.63) is 58.8 Å². The first-order chi connectivity index (χ1) is 8.20. The Labute approximate surface area is 108 Å². The van der Waals surface area contributed by atoms with Crippen LogP contribution in [0.5, 0.6) is 0 Å². The van der Waals surface area contributed by atoms with Gasteiger partial charge >= 0.3 is 0 Å². The lowest BCUT2D eigenvalue weighted by atomic mass is 10.2. The molecule has 4 heteroatoms. The summed E-state index contributed by atoms with van der Waals surface area (Å²) in [5.41, 5.74) is 1.41. The van der Waals surface area contributed by atoms with Crippen molar-refractivity contribution >= 4 is 27.5 Å². The highest BCUT2D eigenvalue weighted by Gasteiger charge is 2.14. The third-order valence-electron chi connectivity index (χ3n) is 2.43. The molecule has 0 aliphatic heterocycles. The maximum absolute atomic E-state index is 12.2. The average molecular weight is 291 g/mol. The number of halogens is 1. The Morgan fingerprint density at radius 3 is 2.65 bits per heavy atom. The lowest BCUT2D eigenvalue weighted by molar-refractivity contribution is 0.0992. The first kappa shape index (κ1) is 11.8. The summed E-state index contributed by atoms with van der Waals surface area (Å²) in [5.74, 6) is -0.0787. The monoisotopic (exact) mass is 290 g/mol. The lowest BCUT2D eigenvalue weighted by Crippen LogP contribution is -2.26. The van der Waals surface area contributed by atoms with Crippen LogP contribution in [-0.4, -0.2) is 17.9 Å². The Hall–Kier alpha value is -1.68. The second-order valence-electron chi connectivity index (χ2n) is 3.56. The Kier molecular flexibility index (Phi) is 3.54. The van der Waals surface area contributed by atoms with Crippen LogP contribution in [-0.2, 0) is 0 Å². The van der Waals surface area contributed by atoms with Crippen LogP contribution < -0.4 is 4.90 Å². The highest BCUT2D eigenvalue weighted by Crippen LogP contribution is 2.25. The number of nitrogens with zero attached hydrogens (tertiary/aromatic N) is 2. The van der Waals surface area contributed by atoms with E-state index in [9.17, 15) is 4.79 Å². The molecule has 0 bridgehead atoms. The van der Waals surface area contributed by atoms with Crippen LogP contribution in [0.2, 0.25) is 0 Å². The van der Waals surface area contributed by atoms with Gasteiger partial charge < -0.3 is 4.90 Å². The van der Waals surface area contributed by atoms with Crippen molar-refractivity contribution in [1.29, 1.82) is 0 Å². The normalized spacial score (nSPS) is 10.0. The highest BCUT2D eigenvalue weighted by atomic mass is 79.9. The molecule has 17 heavy (non-hydrogen) atoms. The summed E-state index contributed by atoms with van der Waals surface area (Å²) in [6, 6.07) is 11.1. The van der Waals surface area contributed by atoms with Crippen LogP contribution in [0.1, 0.15) is 10.4 Å². The van der Waals surface area contributed by atoms with Crippen LogP contribution in [0, 0.1) is 0 Å². The molecule has 1 amide bonds. The average Bonchev–Trinajstić information content (AvgIpc) is 2.39. The zero-order valence-electron chi connectivity index (χ0n) is 9.30. The number of pyridine rings is 1. The molecule has 2 rings (SSSR count). The highest BCUT2D eigenvalue weighted by molar-refractivity contribution is 9.10. The van der Waals surface area contributed by atoms with Crippen LogP contribution >= 0.6 is 15.9 Å². The molecule has 0 saturated carbocycles. The van der Waals surface area contributed by atoms with Gasteiger partial charge in [-0.1, -0.05) is 12.1 Å². The number of carbonyl (C=O) groups is 1. The maximum atomic E-state index is 12.2. The number of carbonyl (C=O) groups excluding carboxylic acids is 1. The molecule has 2 aromatic rings. The molecule has 0 radical (unpaired) electrons.